The highest BCUT2D eigenvalue weighted by Gasteiger charge is 2.24. The normalized spacial score (nSPS) is 22.7. The minimum Gasteiger partial charge on any atom is -0.313 e. The lowest BCUT2D eigenvalue weighted by atomic mass is 9.88. The van der Waals surface area contributed by atoms with Crippen molar-refractivity contribution in [3.63, 3.8) is 0 Å². The molecular formula is C10H19N. The molecule has 1 atom stereocenters. The molecule has 1 rings (SSSR count). The summed E-state index contributed by atoms with van der Waals surface area (Å²) in [6, 6.07) is 0.820. The zero-order valence-corrected chi connectivity index (χ0v) is 7.69. The van der Waals surface area contributed by atoms with Crippen LogP contribution in [0.15, 0.2) is 12.7 Å². The van der Waals surface area contributed by atoms with E-state index >= 15 is 0 Å². The van der Waals surface area contributed by atoms with Gasteiger partial charge in [0.15, 0.2) is 0 Å². The Morgan fingerprint density at radius 3 is 2.64 bits per heavy atom. The maximum atomic E-state index is 3.86. The molecule has 0 aromatic heterocycles. The molecule has 1 heteroatoms. The Hall–Kier alpha value is -0.300. The summed E-state index contributed by atoms with van der Waals surface area (Å²) in [5.41, 5.74) is 0.308. The van der Waals surface area contributed by atoms with Gasteiger partial charge in [0.05, 0.1) is 0 Å². The first-order valence-corrected chi connectivity index (χ1v) is 4.57. The zero-order chi connectivity index (χ0) is 8.32. The van der Waals surface area contributed by atoms with E-state index < -0.39 is 0 Å². The van der Waals surface area contributed by atoms with Crippen molar-refractivity contribution in [3.8, 4) is 0 Å². The fraction of sp³-hybridized carbons (Fsp3) is 0.800. The van der Waals surface area contributed by atoms with E-state index in [1.54, 1.807) is 0 Å². The van der Waals surface area contributed by atoms with E-state index in [4.69, 9.17) is 0 Å². The van der Waals surface area contributed by atoms with Gasteiger partial charge in [0.1, 0.15) is 0 Å². The van der Waals surface area contributed by atoms with Crippen molar-refractivity contribution in [2.45, 2.75) is 39.2 Å². The minimum absolute atomic E-state index is 0.308. The van der Waals surface area contributed by atoms with Crippen LogP contribution in [0.3, 0.4) is 0 Å². The first-order chi connectivity index (χ1) is 5.20. The molecule has 1 aliphatic carbocycles. The average molecular weight is 153 g/mol. The van der Waals surface area contributed by atoms with Crippen molar-refractivity contribution in [1.29, 1.82) is 0 Å². The van der Waals surface area contributed by atoms with Crippen molar-refractivity contribution in [3.05, 3.63) is 12.7 Å². The summed E-state index contributed by atoms with van der Waals surface area (Å²) in [5.74, 6) is 0. The van der Waals surface area contributed by atoms with Crippen LogP contribution >= 0.6 is 0 Å². The molecule has 1 fully saturated rings. The summed E-state index contributed by atoms with van der Waals surface area (Å²) in [7, 11) is 0. The molecular weight excluding hydrogens is 134 g/mol. The largest absolute Gasteiger partial charge is 0.313 e. The molecule has 11 heavy (non-hydrogen) atoms. The van der Waals surface area contributed by atoms with Crippen molar-refractivity contribution >= 4 is 0 Å². The topological polar surface area (TPSA) is 12.0 Å². The van der Waals surface area contributed by atoms with Gasteiger partial charge < -0.3 is 5.32 Å². The molecule has 0 saturated heterocycles. The van der Waals surface area contributed by atoms with E-state index in [0.717, 1.165) is 12.6 Å². The lowest BCUT2D eigenvalue weighted by Gasteiger charge is -2.24. The molecule has 1 N–H and O–H groups in total. The number of rotatable bonds is 5. The fourth-order valence-electron chi connectivity index (χ4n) is 1.01. The van der Waals surface area contributed by atoms with Gasteiger partial charge in [-0.3, -0.25) is 0 Å². The molecule has 1 aliphatic rings. The Labute approximate surface area is 69.9 Å². The van der Waals surface area contributed by atoms with Gasteiger partial charge in [0.25, 0.3) is 0 Å². The molecule has 64 valence electrons. The summed E-state index contributed by atoms with van der Waals surface area (Å²) in [4.78, 5) is 0. The minimum atomic E-state index is 0.308. The van der Waals surface area contributed by atoms with Crippen LogP contribution < -0.4 is 5.32 Å². The fourth-order valence-corrected chi connectivity index (χ4v) is 1.01. The lowest BCUT2D eigenvalue weighted by Crippen LogP contribution is -2.30. The van der Waals surface area contributed by atoms with Crippen molar-refractivity contribution in [2.24, 2.45) is 5.41 Å². The first-order valence-electron chi connectivity index (χ1n) is 4.57. The molecule has 0 heterocycles. The van der Waals surface area contributed by atoms with E-state index in [-0.39, 0.29) is 0 Å². The van der Waals surface area contributed by atoms with Crippen molar-refractivity contribution in [2.75, 3.05) is 6.54 Å². The molecule has 0 aliphatic heterocycles. The van der Waals surface area contributed by atoms with Crippen LogP contribution in [0.5, 0.6) is 0 Å². The molecule has 0 radical (unpaired) electrons. The van der Waals surface area contributed by atoms with Crippen LogP contribution in [-0.4, -0.2) is 12.6 Å². The van der Waals surface area contributed by atoms with Crippen LogP contribution in [0.25, 0.3) is 0 Å². The monoisotopic (exact) mass is 153 g/mol. The molecule has 1 nitrogen and oxygen atoms in total. The second-order valence-corrected chi connectivity index (χ2v) is 3.87. The smallest absolute Gasteiger partial charge is 0.00685 e. The van der Waals surface area contributed by atoms with Crippen LogP contribution in [0.2, 0.25) is 0 Å². The second-order valence-electron chi connectivity index (χ2n) is 3.87. The van der Waals surface area contributed by atoms with Crippen molar-refractivity contribution < 1.29 is 0 Å². The average Bonchev–Trinajstić information content (AvgIpc) is 2.83. The van der Waals surface area contributed by atoms with Gasteiger partial charge >= 0.3 is 0 Å². The SMILES string of the molecule is C=CC(C)(CC)CNC1CC1. The van der Waals surface area contributed by atoms with Gasteiger partial charge in [0.2, 0.25) is 0 Å². The van der Waals surface area contributed by atoms with Gasteiger partial charge in [-0.15, -0.1) is 6.58 Å². The third-order valence-corrected chi connectivity index (χ3v) is 2.67. The van der Waals surface area contributed by atoms with Gasteiger partial charge in [-0.1, -0.05) is 19.9 Å². The quantitative estimate of drug-likeness (QED) is 0.598. The Balaban J connectivity index is 2.23. The second kappa shape index (κ2) is 3.40. The zero-order valence-electron chi connectivity index (χ0n) is 7.69. The molecule has 0 aromatic carbocycles. The van der Waals surface area contributed by atoms with E-state index in [0.29, 0.717) is 5.41 Å². The predicted molar refractivity (Wildman–Crippen MR) is 49.6 cm³/mol. The summed E-state index contributed by atoms with van der Waals surface area (Å²) in [6.07, 6.45) is 5.99. The van der Waals surface area contributed by atoms with E-state index in [9.17, 15) is 0 Å². The summed E-state index contributed by atoms with van der Waals surface area (Å²) >= 11 is 0. The Bertz CT molecular complexity index is 138. The summed E-state index contributed by atoms with van der Waals surface area (Å²) in [5, 5.41) is 3.53. The Morgan fingerprint density at radius 1 is 1.64 bits per heavy atom. The van der Waals surface area contributed by atoms with Crippen molar-refractivity contribution in [1.82, 2.24) is 5.32 Å². The van der Waals surface area contributed by atoms with Crippen LogP contribution in [0.1, 0.15) is 33.1 Å². The summed E-state index contributed by atoms with van der Waals surface area (Å²) < 4.78 is 0. The molecule has 0 aromatic rings. The molecule has 1 unspecified atom stereocenters. The maximum Gasteiger partial charge on any atom is 0.00685 e. The van der Waals surface area contributed by atoms with Gasteiger partial charge in [0, 0.05) is 12.6 Å². The highest BCUT2D eigenvalue weighted by Crippen LogP contribution is 2.24. The number of nitrogens with one attached hydrogen (secondary N) is 1. The van der Waals surface area contributed by atoms with Crippen LogP contribution in [0, 0.1) is 5.41 Å². The van der Waals surface area contributed by atoms with Gasteiger partial charge in [-0.25, -0.2) is 0 Å². The van der Waals surface area contributed by atoms with Gasteiger partial charge in [-0.2, -0.15) is 0 Å². The predicted octanol–water partition coefficient (Wildman–Crippen LogP) is 2.34. The number of hydrogen-bond acceptors (Lipinski definition) is 1. The first kappa shape index (κ1) is 8.79. The standard InChI is InChI=1S/C10H19N/c1-4-10(3,5-2)8-11-9-6-7-9/h4,9,11H,1,5-8H2,2-3H3. The van der Waals surface area contributed by atoms with Gasteiger partial charge in [-0.05, 0) is 24.7 Å². The molecule has 0 amide bonds. The molecule has 1 saturated carbocycles. The summed E-state index contributed by atoms with van der Waals surface area (Å²) in [6.45, 7) is 9.43. The highest BCUT2D eigenvalue weighted by molar-refractivity contribution is 4.94. The molecule has 0 bridgehead atoms. The highest BCUT2D eigenvalue weighted by atomic mass is 15.0. The Kier molecular flexibility index (Phi) is 2.72. The van der Waals surface area contributed by atoms with E-state index in [2.05, 4.69) is 31.8 Å². The van der Waals surface area contributed by atoms with Crippen LogP contribution in [0.4, 0.5) is 0 Å². The van der Waals surface area contributed by atoms with E-state index in [1.807, 2.05) is 0 Å². The number of hydrogen-bond donors (Lipinski definition) is 1. The lowest BCUT2D eigenvalue weighted by molar-refractivity contribution is 0.379. The Morgan fingerprint density at radius 2 is 2.27 bits per heavy atom. The molecule has 0 spiro atoms. The third kappa shape index (κ3) is 2.66. The third-order valence-electron chi connectivity index (χ3n) is 2.67. The van der Waals surface area contributed by atoms with Crippen LogP contribution in [-0.2, 0) is 0 Å². The maximum absolute atomic E-state index is 3.86. The van der Waals surface area contributed by atoms with E-state index in [1.165, 1.54) is 19.3 Å².